The summed E-state index contributed by atoms with van der Waals surface area (Å²) in [4.78, 5) is 12.6. The SMILES string of the molecule is CC(c1ccccc1)N1CCC(Nc2ccc([N+](=O)[O-])c(S(C)(=O)=O)c2)CC1. The Bertz CT molecular complexity index is 939. The number of anilines is 1. The van der Waals surface area contributed by atoms with E-state index in [1.54, 1.807) is 6.07 Å². The molecule has 1 heterocycles. The second-order valence-corrected chi connectivity index (χ2v) is 9.24. The van der Waals surface area contributed by atoms with Crippen LogP contribution < -0.4 is 5.32 Å². The number of nitro groups is 1. The summed E-state index contributed by atoms with van der Waals surface area (Å²) >= 11 is 0. The Morgan fingerprint density at radius 3 is 2.36 bits per heavy atom. The fourth-order valence-corrected chi connectivity index (χ4v) is 4.52. The fraction of sp³-hybridized carbons (Fsp3) is 0.400. The molecule has 0 bridgehead atoms. The first-order chi connectivity index (χ1) is 13.3. The molecule has 28 heavy (non-hydrogen) atoms. The van der Waals surface area contributed by atoms with Crippen molar-refractivity contribution in [2.45, 2.75) is 36.7 Å². The van der Waals surface area contributed by atoms with Crippen molar-refractivity contribution < 1.29 is 13.3 Å². The van der Waals surface area contributed by atoms with Gasteiger partial charge in [-0.25, -0.2) is 8.42 Å². The van der Waals surface area contributed by atoms with Crippen molar-refractivity contribution in [3.63, 3.8) is 0 Å². The minimum Gasteiger partial charge on any atom is -0.382 e. The maximum Gasteiger partial charge on any atom is 0.288 e. The standard InChI is InChI=1S/C20H25N3O4S/c1-15(16-6-4-3-5-7-16)22-12-10-17(11-13-22)21-18-8-9-19(23(24)25)20(14-18)28(2,26)27/h3-9,14-15,17,21H,10-13H2,1-2H3. The quantitative estimate of drug-likeness (QED) is 0.585. The first-order valence-electron chi connectivity index (χ1n) is 9.30. The van der Waals surface area contributed by atoms with E-state index in [0.717, 1.165) is 32.2 Å². The molecule has 8 heteroatoms. The van der Waals surface area contributed by atoms with Crippen molar-refractivity contribution in [1.29, 1.82) is 0 Å². The van der Waals surface area contributed by atoms with Crippen LogP contribution in [0.2, 0.25) is 0 Å². The largest absolute Gasteiger partial charge is 0.382 e. The predicted octanol–water partition coefficient (Wildman–Crippen LogP) is 3.64. The smallest absolute Gasteiger partial charge is 0.288 e. The Morgan fingerprint density at radius 2 is 1.79 bits per heavy atom. The summed E-state index contributed by atoms with van der Waals surface area (Å²) in [7, 11) is -3.68. The van der Waals surface area contributed by atoms with Gasteiger partial charge in [-0.3, -0.25) is 15.0 Å². The lowest BCUT2D eigenvalue weighted by atomic mass is 10.00. The molecule has 0 aliphatic carbocycles. The lowest BCUT2D eigenvalue weighted by molar-refractivity contribution is -0.387. The average molecular weight is 404 g/mol. The van der Waals surface area contributed by atoms with Crippen LogP contribution in [0, 0.1) is 10.1 Å². The van der Waals surface area contributed by atoms with E-state index in [0.29, 0.717) is 11.7 Å². The molecule has 0 amide bonds. The molecule has 0 radical (unpaired) electrons. The number of sulfone groups is 1. The molecule has 1 saturated heterocycles. The minimum atomic E-state index is -3.68. The van der Waals surface area contributed by atoms with E-state index in [1.807, 2.05) is 18.2 Å². The average Bonchev–Trinajstić information content (AvgIpc) is 2.68. The Labute approximate surface area is 165 Å². The molecule has 0 spiro atoms. The van der Waals surface area contributed by atoms with E-state index >= 15 is 0 Å². The Morgan fingerprint density at radius 1 is 1.14 bits per heavy atom. The molecule has 0 saturated carbocycles. The zero-order valence-corrected chi connectivity index (χ0v) is 16.9. The van der Waals surface area contributed by atoms with Crippen LogP contribution in [0.5, 0.6) is 0 Å². The van der Waals surface area contributed by atoms with Crippen LogP contribution in [0.3, 0.4) is 0 Å². The Kier molecular flexibility index (Phi) is 6.00. The van der Waals surface area contributed by atoms with Crippen molar-refractivity contribution >= 4 is 21.2 Å². The van der Waals surface area contributed by atoms with Crippen molar-refractivity contribution in [3.8, 4) is 0 Å². The number of rotatable bonds is 6. The van der Waals surface area contributed by atoms with Gasteiger partial charge in [-0.2, -0.15) is 0 Å². The second-order valence-electron chi connectivity index (χ2n) is 7.25. The van der Waals surface area contributed by atoms with Crippen LogP contribution in [-0.4, -0.2) is 43.6 Å². The van der Waals surface area contributed by atoms with E-state index in [1.165, 1.54) is 17.7 Å². The molecular weight excluding hydrogens is 378 g/mol. The first-order valence-corrected chi connectivity index (χ1v) is 11.2. The molecule has 1 aliphatic rings. The third-order valence-corrected chi connectivity index (χ3v) is 6.41. The van der Waals surface area contributed by atoms with Gasteiger partial charge >= 0.3 is 0 Å². The topological polar surface area (TPSA) is 92.5 Å². The second kappa shape index (κ2) is 8.28. The maximum atomic E-state index is 11.9. The predicted molar refractivity (Wildman–Crippen MR) is 109 cm³/mol. The summed E-state index contributed by atoms with van der Waals surface area (Å²) in [6.45, 7) is 4.07. The maximum absolute atomic E-state index is 11.9. The summed E-state index contributed by atoms with van der Waals surface area (Å²) in [6, 6.07) is 15.1. The highest BCUT2D eigenvalue weighted by atomic mass is 32.2. The highest BCUT2D eigenvalue weighted by Gasteiger charge is 2.25. The van der Waals surface area contributed by atoms with E-state index in [9.17, 15) is 18.5 Å². The molecule has 7 nitrogen and oxygen atoms in total. The number of benzene rings is 2. The van der Waals surface area contributed by atoms with Crippen molar-refractivity contribution in [3.05, 3.63) is 64.2 Å². The van der Waals surface area contributed by atoms with Gasteiger partial charge in [-0.05, 0) is 37.5 Å². The number of nitrogens with one attached hydrogen (secondary N) is 1. The van der Waals surface area contributed by atoms with Crippen LogP contribution >= 0.6 is 0 Å². The number of likely N-dealkylation sites (tertiary alicyclic amines) is 1. The third-order valence-electron chi connectivity index (χ3n) is 5.29. The number of nitrogens with zero attached hydrogens (tertiary/aromatic N) is 2. The van der Waals surface area contributed by atoms with Gasteiger partial charge < -0.3 is 5.32 Å². The van der Waals surface area contributed by atoms with Crippen LogP contribution in [0.1, 0.15) is 31.4 Å². The van der Waals surface area contributed by atoms with Gasteiger partial charge in [0.1, 0.15) is 4.90 Å². The molecular formula is C20H25N3O4S. The highest BCUT2D eigenvalue weighted by molar-refractivity contribution is 7.90. The Hall–Kier alpha value is -2.45. The minimum absolute atomic E-state index is 0.202. The molecule has 0 aromatic heterocycles. The van der Waals surface area contributed by atoms with Crippen molar-refractivity contribution in [2.24, 2.45) is 0 Å². The number of nitro benzene ring substituents is 1. The van der Waals surface area contributed by atoms with Gasteiger partial charge in [0.05, 0.1) is 4.92 Å². The third kappa shape index (κ3) is 4.69. The normalized spacial score (nSPS) is 17.2. The van der Waals surface area contributed by atoms with Gasteiger partial charge in [0.2, 0.25) is 0 Å². The highest BCUT2D eigenvalue weighted by Crippen LogP contribution is 2.29. The zero-order valence-electron chi connectivity index (χ0n) is 16.0. The molecule has 3 rings (SSSR count). The molecule has 1 fully saturated rings. The number of hydrogen-bond acceptors (Lipinski definition) is 6. The van der Waals surface area contributed by atoms with Gasteiger partial charge in [0, 0.05) is 43.2 Å². The fourth-order valence-electron chi connectivity index (χ4n) is 3.66. The van der Waals surface area contributed by atoms with E-state index in [-0.39, 0.29) is 16.6 Å². The molecule has 1 aliphatic heterocycles. The van der Waals surface area contributed by atoms with Crippen molar-refractivity contribution in [2.75, 3.05) is 24.7 Å². The van der Waals surface area contributed by atoms with E-state index in [2.05, 4.69) is 29.3 Å². The summed E-state index contributed by atoms with van der Waals surface area (Å²) in [6.07, 6.45) is 2.83. The first kappa shape index (κ1) is 20.3. The summed E-state index contributed by atoms with van der Waals surface area (Å²) in [5.74, 6) is 0. The zero-order chi connectivity index (χ0) is 20.3. The molecule has 1 unspecified atom stereocenters. The summed E-state index contributed by atoms with van der Waals surface area (Å²) < 4.78 is 23.8. The van der Waals surface area contributed by atoms with Crippen LogP contribution in [0.15, 0.2) is 53.4 Å². The van der Waals surface area contributed by atoms with Gasteiger partial charge in [0.15, 0.2) is 9.84 Å². The van der Waals surface area contributed by atoms with Crippen molar-refractivity contribution in [1.82, 2.24) is 4.90 Å². The molecule has 1 atom stereocenters. The lowest BCUT2D eigenvalue weighted by Crippen LogP contribution is -2.40. The Balaban J connectivity index is 1.66. The van der Waals surface area contributed by atoms with E-state index in [4.69, 9.17) is 0 Å². The molecule has 1 N–H and O–H groups in total. The monoisotopic (exact) mass is 403 g/mol. The van der Waals surface area contributed by atoms with E-state index < -0.39 is 14.8 Å². The van der Waals surface area contributed by atoms with Crippen LogP contribution in [0.25, 0.3) is 0 Å². The number of piperidine rings is 1. The summed E-state index contributed by atoms with van der Waals surface area (Å²) in [5.41, 5.74) is 1.50. The van der Waals surface area contributed by atoms with Crippen LogP contribution in [0.4, 0.5) is 11.4 Å². The van der Waals surface area contributed by atoms with Gasteiger partial charge in [-0.15, -0.1) is 0 Å². The number of hydrogen-bond donors (Lipinski definition) is 1. The van der Waals surface area contributed by atoms with Gasteiger partial charge in [0.25, 0.3) is 5.69 Å². The molecule has 150 valence electrons. The lowest BCUT2D eigenvalue weighted by Gasteiger charge is -2.36. The molecule has 2 aromatic carbocycles. The molecule has 2 aromatic rings. The van der Waals surface area contributed by atoms with Crippen LogP contribution in [-0.2, 0) is 9.84 Å². The van der Waals surface area contributed by atoms with Gasteiger partial charge in [-0.1, -0.05) is 30.3 Å². The summed E-state index contributed by atoms with van der Waals surface area (Å²) in [5, 5.41) is 14.4.